The summed E-state index contributed by atoms with van der Waals surface area (Å²) in [4.78, 5) is 0. The quantitative estimate of drug-likeness (QED) is 0.539. The van der Waals surface area contributed by atoms with Gasteiger partial charge >= 0.3 is 26.2 Å². The van der Waals surface area contributed by atoms with Crippen LogP contribution < -0.4 is 0 Å². The molecular weight excluding hydrogens is 259 g/mol. The van der Waals surface area contributed by atoms with Crippen molar-refractivity contribution in [3.8, 4) is 0 Å². The van der Waals surface area contributed by atoms with E-state index in [0.29, 0.717) is 0 Å². The van der Waals surface area contributed by atoms with Crippen molar-refractivity contribution in [1.29, 1.82) is 0 Å². The van der Waals surface area contributed by atoms with E-state index >= 15 is 0 Å². The van der Waals surface area contributed by atoms with Crippen molar-refractivity contribution in [3.05, 3.63) is 62.0 Å². The molecule has 0 heterocycles. The van der Waals surface area contributed by atoms with Crippen molar-refractivity contribution in [2.75, 3.05) is 0 Å². The first-order valence-electron chi connectivity index (χ1n) is 4.48. The molecule has 3 aromatic carbocycles. The molecule has 15 heavy (non-hydrogen) atoms. The molecule has 0 nitrogen and oxygen atoms in total. The van der Waals surface area contributed by atoms with Gasteiger partial charge in [0.15, 0.2) is 0 Å². The van der Waals surface area contributed by atoms with Crippen LogP contribution in [0.5, 0.6) is 0 Å². The van der Waals surface area contributed by atoms with Crippen molar-refractivity contribution in [2.24, 2.45) is 0 Å². The molecule has 0 saturated heterocycles. The van der Waals surface area contributed by atoms with Crippen LogP contribution in [0.3, 0.4) is 0 Å². The minimum absolute atomic E-state index is 0. The standard InChI is InChI=1S/C13H9.CH3.Zr/c1-3-7-12-10(5-1)9-11-6-2-4-8-13(11)12;;/h1-9H;1H3;/q2*-1;+2. The van der Waals surface area contributed by atoms with Crippen molar-refractivity contribution >= 4 is 21.5 Å². The number of hydrogen-bond donors (Lipinski definition) is 0. The Morgan fingerprint density at radius 2 is 1.07 bits per heavy atom. The zero-order valence-electron chi connectivity index (χ0n) is 8.70. The van der Waals surface area contributed by atoms with Crippen LogP contribution >= 0.6 is 0 Å². The van der Waals surface area contributed by atoms with Gasteiger partial charge in [0.1, 0.15) is 0 Å². The molecule has 0 unspecified atom stereocenters. The first-order valence-corrected chi connectivity index (χ1v) is 4.48. The Hall–Kier alpha value is -0.807. The molecule has 0 amide bonds. The Morgan fingerprint density at radius 3 is 1.53 bits per heavy atom. The summed E-state index contributed by atoms with van der Waals surface area (Å²) >= 11 is 0. The Bertz CT molecular complexity index is 513. The van der Waals surface area contributed by atoms with Crippen LogP contribution in [0.15, 0.2) is 54.6 Å². The first kappa shape index (κ1) is 12.3. The molecule has 0 aromatic heterocycles. The van der Waals surface area contributed by atoms with E-state index in [2.05, 4.69) is 54.6 Å². The molecule has 0 aliphatic rings. The van der Waals surface area contributed by atoms with E-state index in [4.69, 9.17) is 0 Å². The second-order valence-electron chi connectivity index (χ2n) is 3.32. The molecule has 1 heteroatoms. The van der Waals surface area contributed by atoms with Gasteiger partial charge in [-0.3, -0.25) is 0 Å². The fraction of sp³-hybridized carbons (Fsp3) is 0. The number of rotatable bonds is 0. The zero-order valence-corrected chi connectivity index (χ0v) is 11.2. The van der Waals surface area contributed by atoms with E-state index < -0.39 is 0 Å². The molecule has 0 aliphatic heterocycles. The summed E-state index contributed by atoms with van der Waals surface area (Å²) in [6.07, 6.45) is 0. The molecule has 0 radical (unpaired) electrons. The monoisotopic (exact) mass is 270 g/mol. The third kappa shape index (κ3) is 1.94. The molecule has 0 N–H and O–H groups in total. The minimum Gasteiger partial charge on any atom is -0.358 e. The first-order chi connectivity index (χ1) is 6.45. The molecule has 0 fully saturated rings. The van der Waals surface area contributed by atoms with E-state index in [1.807, 2.05) is 0 Å². The summed E-state index contributed by atoms with van der Waals surface area (Å²) in [5, 5.41) is 5.39. The summed E-state index contributed by atoms with van der Waals surface area (Å²) in [5.41, 5.74) is 0. The maximum Gasteiger partial charge on any atom is 2.00 e. The predicted molar refractivity (Wildman–Crippen MR) is 63.5 cm³/mol. The summed E-state index contributed by atoms with van der Waals surface area (Å²) in [7, 11) is 0. The topological polar surface area (TPSA) is 0 Å². The van der Waals surface area contributed by atoms with Crippen molar-refractivity contribution in [3.63, 3.8) is 0 Å². The Labute approximate surface area is 109 Å². The molecule has 0 aliphatic carbocycles. The summed E-state index contributed by atoms with van der Waals surface area (Å²) in [5.74, 6) is 0. The molecule has 0 saturated carbocycles. The Kier molecular flexibility index (Phi) is 3.93. The average Bonchev–Trinajstić information content (AvgIpc) is 2.56. The Balaban J connectivity index is 0.000000562. The average molecular weight is 271 g/mol. The number of benzene rings is 2. The molecular formula is C14H12Zr. The van der Waals surface area contributed by atoms with Gasteiger partial charge in [0, 0.05) is 0 Å². The van der Waals surface area contributed by atoms with Crippen LogP contribution in [0.4, 0.5) is 0 Å². The van der Waals surface area contributed by atoms with Gasteiger partial charge in [0.05, 0.1) is 0 Å². The van der Waals surface area contributed by atoms with Gasteiger partial charge in [0.25, 0.3) is 0 Å². The van der Waals surface area contributed by atoms with E-state index in [1.54, 1.807) is 0 Å². The van der Waals surface area contributed by atoms with Gasteiger partial charge < -0.3 is 7.43 Å². The third-order valence-corrected chi connectivity index (χ3v) is 2.52. The maximum atomic E-state index is 2.24. The SMILES string of the molecule is [CH3-].[Zr+2].c1ccc2c(c1)[cH-]c1ccccc12. The second kappa shape index (κ2) is 4.81. The van der Waals surface area contributed by atoms with E-state index in [0.717, 1.165) is 0 Å². The van der Waals surface area contributed by atoms with Gasteiger partial charge in [-0.1, -0.05) is 36.4 Å². The molecule has 3 rings (SSSR count). The summed E-state index contributed by atoms with van der Waals surface area (Å²) in [6, 6.07) is 19.3. The molecule has 72 valence electrons. The largest absolute Gasteiger partial charge is 2.00 e. The minimum atomic E-state index is 0. The van der Waals surface area contributed by atoms with E-state index in [9.17, 15) is 0 Å². The summed E-state index contributed by atoms with van der Waals surface area (Å²) < 4.78 is 0. The third-order valence-electron chi connectivity index (χ3n) is 2.52. The van der Waals surface area contributed by atoms with Crippen LogP contribution in [0, 0.1) is 7.43 Å². The molecule has 3 aromatic rings. The van der Waals surface area contributed by atoms with Gasteiger partial charge in [-0.25, -0.2) is 0 Å². The van der Waals surface area contributed by atoms with Crippen LogP contribution in [-0.4, -0.2) is 0 Å². The molecule has 0 bridgehead atoms. The summed E-state index contributed by atoms with van der Waals surface area (Å²) in [6.45, 7) is 0. The molecule has 0 atom stereocenters. The Morgan fingerprint density at radius 1 is 0.667 bits per heavy atom. The van der Waals surface area contributed by atoms with Crippen LogP contribution in [0.1, 0.15) is 0 Å². The number of hydrogen-bond acceptors (Lipinski definition) is 0. The van der Waals surface area contributed by atoms with E-state index in [-0.39, 0.29) is 33.6 Å². The predicted octanol–water partition coefficient (Wildman–Crippen LogP) is 4.16. The van der Waals surface area contributed by atoms with Crippen molar-refractivity contribution in [2.45, 2.75) is 0 Å². The van der Waals surface area contributed by atoms with Crippen LogP contribution in [-0.2, 0) is 26.2 Å². The fourth-order valence-electron chi connectivity index (χ4n) is 1.90. The van der Waals surface area contributed by atoms with Gasteiger partial charge in [-0.15, -0.1) is 39.7 Å². The number of fused-ring (bicyclic) bond motifs is 3. The van der Waals surface area contributed by atoms with E-state index in [1.165, 1.54) is 21.5 Å². The fourth-order valence-corrected chi connectivity index (χ4v) is 1.90. The normalized spacial score (nSPS) is 9.60. The van der Waals surface area contributed by atoms with Crippen molar-refractivity contribution in [1.82, 2.24) is 0 Å². The van der Waals surface area contributed by atoms with Gasteiger partial charge in [-0.2, -0.15) is 0 Å². The maximum absolute atomic E-state index is 2.24. The molecule has 0 spiro atoms. The van der Waals surface area contributed by atoms with Crippen molar-refractivity contribution < 1.29 is 26.2 Å². The smallest absolute Gasteiger partial charge is 0.358 e. The van der Waals surface area contributed by atoms with Gasteiger partial charge in [0.2, 0.25) is 0 Å². The second-order valence-corrected chi connectivity index (χ2v) is 3.32. The van der Waals surface area contributed by atoms with Crippen LogP contribution in [0.25, 0.3) is 21.5 Å². The van der Waals surface area contributed by atoms with Crippen LogP contribution in [0.2, 0.25) is 0 Å². The van der Waals surface area contributed by atoms with Gasteiger partial charge in [-0.05, 0) is 0 Å². The zero-order chi connectivity index (χ0) is 8.67.